The second-order valence-corrected chi connectivity index (χ2v) is 6.42. The van der Waals surface area contributed by atoms with Crippen LogP contribution >= 0.6 is 0 Å². The van der Waals surface area contributed by atoms with Crippen molar-refractivity contribution in [3.63, 3.8) is 0 Å². The van der Waals surface area contributed by atoms with E-state index in [9.17, 15) is 0 Å². The van der Waals surface area contributed by atoms with Gasteiger partial charge in [-0.25, -0.2) is 4.98 Å². The Morgan fingerprint density at radius 1 is 1.15 bits per heavy atom. The summed E-state index contributed by atoms with van der Waals surface area (Å²) in [5, 5.41) is 11.2. The van der Waals surface area contributed by atoms with Crippen LogP contribution in [-0.2, 0) is 20.1 Å². The highest BCUT2D eigenvalue weighted by Crippen LogP contribution is 2.15. The average Bonchev–Trinajstić information content (AvgIpc) is 3.07. The van der Waals surface area contributed by atoms with Gasteiger partial charge in [0.1, 0.15) is 5.82 Å². The third-order valence-corrected chi connectivity index (χ3v) is 4.79. The molecule has 0 aliphatic rings. The number of fused-ring (bicyclic) bond motifs is 1. The van der Waals surface area contributed by atoms with Crippen LogP contribution in [0.1, 0.15) is 22.8 Å². The monoisotopic (exact) mass is 353 g/mol. The summed E-state index contributed by atoms with van der Waals surface area (Å²) in [6.07, 6.45) is 0. The van der Waals surface area contributed by atoms with Crippen LogP contribution in [0, 0.1) is 20.8 Å². The molecule has 0 saturated carbocycles. The molecule has 0 saturated heterocycles. The fraction of sp³-hybridized carbons (Fsp3) is 0.421. The average molecular weight is 353 g/mol. The van der Waals surface area contributed by atoms with Crippen LogP contribution < -0.4 is 10.6 Å². The maximum Gasteiger partial charge on any atom is 0.191 e. The van der Waals surface area contributed by atoms with E-state index in [0.29, 0.717) is 6.54 Å². The number of rotatable bonds is 5. The molecule has 0 spiro atoms. The number of para-hydroxylation sites is 2. The molecule has 2 N–H and O–H groups in total. The molecule has 0 bridgehead atoms. The van der Waals surface area contributed by atoms with Crippen molar-refractivity contribution in [3.8, 4) is 0 Å². The third-order valence-electron chi connectivity index (χ3n) is 4.79. The summed E-state index contributed by atoms with van der Waals surface area (Å²) in [6, 6.07) is 8.22. The second-order valence-electron chi connectivity index (χ2n) is 6.42. The van der Waals surface area contributed by atoms with Gasteiger partial charge < -0.3 is 15.2 Å². The molecule has 7 heteroatoms. The Hall–Kier alpha value is -2.83. The maximum absolute atomic E-state index is 4.61. The Kier molecular flexibility index (Phi) is 5.25. The summed E-state index contributed by atoms with van der Waals surface area (Å²) in [7, 11) is 3.76. The van der Waals surface area contributed by atoms with Gasteiger partial charge in [-0.3, -0.25) is 9.67 Å². The first kappa shape index (κ1) is 18.0. The third kappa shape index (κ3) is 3.56. The van der Waals surface area contributed by atoms with E-state index >= 15 is 0 Å². The van der Waals surface area contributed by atoms with Gasteiger partial charge in [-0.05, 0) is 32.9 Å². The number of benzene rings is 1. The highest BCUT2D eigenvalue weighted by atomic mass is 15.3. The molecule has 0 amide bonds. The van der Waals surface area contributed by atoms with Crippen LogP contribution in [0.2, 0.25) is 0 Å². The van der Waals surface area contributed by atoms with E-state index in [0.717, 1.165) is 41.6 Å². The highest BCUT2D eigenvalue weighted by Gasteiger charge is 2.10. The Morgan fingerprint density at radius 3 is 2.62 bits per heavy atom. The normalized spacial score (nSPS) is 12.0. The number of guanidine groups is 1. The Bertz CT molecular complexity index is 933. The molecule has 2 aromatic heterocycles. The van der Waals surface area contributed by atoms with Gasteiger partial charge in [0.05, 0.1) is 16.7 Å². The number of aromatic nitrogens is 4. The van der Waals surface area contributed by atoms with Crippen molar-refractivity contribution in [2.45, 2.75) is 33.9 Å². The van der Waals surface area contributed by atoms with Crippen LogP contribution in [-0.4, -0.2) is 38.9 Å². The minimum atomic E-state index is 0.707. The lowest BCUT2D eigenvalue weighted by Crippen LogP contribution is -2.38. The minimum absolute atomic E-state index is 0.707. The van der Waals surface area contributed by atoms with Crippen molar-refractivity contribution in [2.24, 2.45) is 12.0 Å². The molecule has 0 aliphatic heterocycles. The van der Waals surface area contributed by atoms with Gasteiger partial charge in [0, 0.05) is 45.0 Å². The van der Waals surface area contributed by atoms with E-state index in [4.69, 9.17) is 0 Å². The first-order valence-corrected chi connectivity index (χ1v) is 8.86. The molecular formula is C19H27N7. The highest BCUT2D eigenvalue weighted by molar-refractivity contribution is 5.79. The summed E-state index contributed by atoms with van der Waals surface area (Å²) < 4.78 is 4.14. The van der Waals surface area contributed by atoms with Gasteiger partial charge in [-0.2, -0.15) is 5.10 Å². The minimum Gasteiger partial charge on any atom is -0.355 e. The standard InChI is InChI=1S/C19H27N7/c1-13-16(14(2)25(5)24-13)12-22-19(20-4)21-10-11-26-15(3)23-17-8-6-7-9-18(17)26/h6-9H,10-12H2,1-5H3,(H2,20,21,22). The number of nitrogens with one attached hydrogen (secondary N) is 2. The predicted molar refractivity (Wildman–Crippen MR) is 105 cm³/mol. The van der Waals surface area contributed by atoms with Gasteiger partial charge in [0.15, 0.2) is 5.96 Å². The number of aryl methyl sites for hydroxylation is 3. The number of hydrogen-bond acceptors (Lipinski definition) is 3. The van der Waals surface area contributed by atoms with E-state index in [1.165, 1.54) is 11.3 Å². The fourth-order valence-corrected chi connectivity index (χ4v) is 3.23. The zero-order valence-electron chi connectivity index (χ0n) is 16.2. The van der Waals surface area contributed by atoms with E-state index in [1.54, 1.807) is 7.05 Å². The SMILES string of the molecule is CN=C(NCCn1c(C)nc2ccccc21)NCc1c(C)nn(C)c1C. The second kappa shape index (κ2) is 7.59. The van der Waals surface area contributed by atoms with Crippen molar-refractivity contribution in [3.05, 3.63) is 47.0 Å². The van der Waals surface area contributed by atoms with Gasteiger partial charge >= 0.3 is 0 Å². The zero-order valence-corrected chi connectivity index (χ0v) is 16.2. The summed E-state index contributed by atoms with van der Waals surface area (Å²) in [6.45, 7) is 8.47. The van der Waals surface area contributed by atoms with Crippen LogP contribution in [0.25, 0.3) is 11.0 Å². The molecule has 2 heterocycles. The summed E-state index contributed by atoms with van der Waals surface area (Å²) in [5.41, 5.74) is 5.64. The molecule has 7 nitrogen and oxygen atoms in total. The van der Waals surface area contributed by atoms with Crippen molar-refractivity contribution >= 4 is 17.0 Å². The molecule has 0 atom stereocenters. The predicted octanol–water partition coefficient (Wildman–Crippen LogP) is 2.06. The fourth-order valence-electron chi connectivity index (χ4n) is 3.23. The summed E-state index contributed by atoms with van der Waals surface area (Å²) in [4.78, 5) is 8.92. The largest absolute Gasteiger partial charge is 0.355 e. The number of nitrogens with zero attached hydrogens (tertiary/aromatic N) is 5. The first-order valence-electron chi connectivity index (χ1n) is 8.86. The van der Waals surface area contributed by atoms with Crippen molar-refractivity contribution < 1.29 is 0 Å². The number of imidazole rings is 1. The van der Waals surface area contributed by atoms with Gasteiger partial charge in [0.25, 0.3) is 0 Å². The van der Waals surface area contributed by atoms with E-state index < -0.39 is 0 Å². The number of aliphatic imine (C=N–C) groups is 1. The molecule has 0 fully saturated rings. The molecule has 138 valence electrons. The van der Waals surface area contributed by atoms with Gasteiger partial charge in [-0.15, -0.1) is 0 Å². The molecule has 3 aromatic rings. The lowest BCUT2D eigenvalue weighted by atomic mass is 10.2. The van der Waals surface area contributed by atoms with E-state index in [-0.39, 0.29) is 0 Å². The molecule has 3 rings (SSSR count). The van der Waals surface area contributed by atoms with E-state index in [2.05, 4.69) is 43.3 Å². The zero-order chi connectivity index (χ0) is 18.7. The summed E-state index contributed by atoms with van der Waals surface area (Å²) in [5.74, 6) is 1.81. The molecule has 0 unspecified atom stereocenters. The molecule has 0 radical (unpaired) electrons. The Labute approximate surface area is 154 Å². The Morgan fingerprint density at radius 2 is 1.92 bits per heavy atom. The molecule has 1 aromatic carbocycles. The topological polar surface area (TPSA) is 72.1 Å². The quantitative estimate of drug-likeness (QED) is 0.544. The maximum atomic E-state index is 4.61. The summed E-state index contributed by atoms with van der Waals surface area (Å²) >= 11 is 0. The van der Waals surface area contributed by atoms with Crippen molar-refractivity contribution in [1.29, 1.82) is 0 Å². The van der Waals surface area contributed by atoms with Crippen LogP contribution in [0.15, 0.2) is 29.3 Å². The van der Waals surface area contributed by atoms with Gasteiger partial charge in [-0.1, -0.05) is 12.1 Å². The molecular weight excluding hydrogens is 326 g/mol. The molecule has 26 heavy (non-hydrogen) atoms. The van der Waals surface area contributed by atoms with Crippen LogP contribution in [0.5, 0.6) is 0 Å². The lowest BCUT2D eigenvalue weighted by Gasteiger charge is -2.13. The van der Waals surface area contributed by atoms with Gasteiger partial charge in [0.2, 0.25) is 0 Å². The van der Waals surface area contributed by atoms with Crippen LogP contribution in [0.4, 0.5) is 0 Å². The van der Waals surface area contributed by atoms with Crippen molar-refractivity contribution in [2.75, 3.05) is 13.6 Å². The van der Waals surface area contributed by atoms with Crippen molar-refractivity contribution in [1.82, 2.24) is 30.0 Å². The lowest BCUT2D eigenvalue weighted by molar-refractivity contribution is 0.659. The first-order chi connectivity index (χ1) is 12.5. The van der Waals surface area contributed by atoms with Crippen LogP contribution in [0.3, 0.4) is 0 Å². The smallest absolute Gasteiger partial charge is 0.191 e. The Balaban J connectivity index is 1.58. The van der Waals surface area contributed by atoms with E-state index in [1.807, 2.05) is 43.8 Å². The molecule has 0 aliphatic carbocycles. The number of hydrogen-bond donors (Lipinski definition) is 2.